The second-order valence-corrected chi connectivity index (χ2v) is 7.25. The van der Waals surface area contributed by atoms with E-state index in [4.69, 9.17) is 0 Å². The van der Waals surface area contributed by atoms with Gasteiger partial charge < -0.3 is 0 Å². The highest BCUT2D eigenvalue weighted by Crippen LogP contribution is 2.34. The lowest BCUT2D eigenvalue weighted by Crippen LogP contribution is -2.28. The van der Waals surface area contributed by atoms with E-state index in [-0.39, 0.29) is 23.4 Å². The fourth-order valence-electron chi connectivity index (χ4n) is 2.60. The van der Waals surface area contributed by atoms with E-state index in [1.807, 2.05) is 6.92 Å². The largest absolute Gasteiger partial charge is 0.267 e. The van der Waals surface area contributed by atoms with Crippen molar-refractivity contribution >= 4 is 10.0 Å². The van der Waals surface area contributed by atoms with Gasteiger partial charge in [0.1, 0.15) is 0 Å². The van der Waals surface area contributed by atoms with E-state index >= 15 is 0 Å². The van der Waals surface area contributed by atoms with Crippen molar-refractivity contribution in [2.24, 2.45) is 0 Å². The Bertz CT molecular complexity index is 777. The molecule has 1 aliphatic rings. The number of hydrogen-bond acceptors (Lipinski definition) is 2. The number of halogens is 2. The number of fused-ring (bicyclic) bond motifs is 1. The Morgan fingerprint density at radius 2 is 1.81 bits per heavy atom. The van der Waals surface area contributed by atoms with E-state index in [0.29, 0.717) is 5.56 Å². The molecule has 0 amide bonds. The Hall–Kier alpha value is -1.69. The molecule has 112 valence electrons. The third kappa shape index (κ3) is 2.48. The van der Waals surface area contributed by atoms with Crippen molar-refractivity contribution < 1.29 is 17.2 Å². The summed E-state index contributed by atoms with van der Waals surface area (Å²) in [5.74, 6) is -2.84. The minimum Gasteiger partial charge on any atom is -0.245 e. The van der Waals surface area contributed by atoms with Gasteiger partial charge in [-0.05, 0) is 37.1 Å². The summed E-state index contributed by atoms with van der Waals surface area (Å²) >= 11 is 0. The molecule has 1 aromatic carbocycles. The summed E-state index contributed by atoms with van der Waals surface area (Å²) in [6.07, 6.45) is 0.828. The van der Waals surface area contributed by atoms with Crippen LogP contribution in [0.1, 0.15) is 23.2 Å². The van der Waals surface area contributed by atoms with E-state index in [0.717, 1.165) is 9.54 Å². The molecule has 0 bridgehead atoms. The first-order valence-electron chi connectivity index (χ1n) is 6.69. The van der Waals surface area contributed by atoms with Gasteiger partial charge in [0.15, 0.2) is 0 Å². The molecule has 2 aromatic rings. The molecule has 0 N–H and O–H groups in total. The van der Waals surface area contributed by atoms with Crippen molar-refractivity contribution in [3.8, 4) is 0 Å². The van der Waals surface area contributed by atoms with Crippen LogP contribution in [-0.4, -0.2) is 18.3 Å². The van der Waals surface area contributed by atoms with Crippen LogP contribution in [0, 0.1) is 6.92 Å². The van der Waals surface area contributed by atoms with Crippen LogP contribution < -0.4 is 0 Å². The maximum Gasteiger partial charge on any atom is 0.267 e. The quantitative estimate of drug-likeness (QED) is 0.854. The number of aryl methyl sites for hydroxylation is 2. The van der Waals surface area contributed by atoms with E-state index < -0.39 is 22.4 Å². The maximum absolute atomic E-state index is 13.6. The fourth-order valence-corrected chi connectivity index (χ4v) is 4.00. The van der Waals surface area contributed by atoms with Gasteiger partial charge in [0.25, 0.3) is 15.9 Å². The van der Waals surface area contributed by atoms with Gasteiger partial charge >= 0.3 is 0 Å². The Labute approximate surface area is 122 Å². The van der Waals surface area contributed by atoms with E-state index in [2.05, 4.69) is 0 Å². The molecule has 1 aliphatic carbocycles. The van der Waals surface area contributed by atoms with Crippen LogP contribution in [0.25, 0.3) is 0 Å². The highest BCUT2D eigenvalue weighted by molar-refractivity contribution is 7.90. The Morgan fingerprint density at radius 3 is 2.48 bits per heavy atom. The SMILES string of the molecule is Cc1ccc(S(=O)(=O)n2ccc3c2CC(F)(F)CC3)cc1. The molecule has 3 nitrogen and oxygen atoms in total. The lowest BCUT2D eigenvalue weighted by molar-refractivity contribution is -0.0133. The predicted octanol–water partition coefficient (Wildman–Crippen LogP) is 3.16. The summed E-state index contributed by atoms with van der Waals surface area (Å²) in [7, 11) is -3.82. The van der Waals surface area contributed by atoms with Crippen molar-refractivity contribution in [3.05, 3.63) is 53.3 Å². The zero-order valence-corrected chi connectivity index (χ0v) is 12.3. The second kappa shape index (κ2) is 4.66. The third-order valence-corrected chi connectivity index (χ3v) is 5.54. The van der Waals surface area contributed by atoms with Gasteiger partial charge in [0, 0.05) is 18.3 Å². The Balaban J connectivity index is 2.09. The minimum absolute atomic E-state index is 0.111. The maximum atomic E-state index is 13.6. The number of rotatable bonds is 2. The van der Waals surface area contributed by atoms with Crippen LogP contribution in [0.2, 0.25) is 0 Å². The molecule has 0 saturated carbocycles. The molecular formula is C15H15F2NO2S. The Morgan fingerprint density at radius 1 is 1.14 bits per heavy atom. The number of benzene rings is 1. The molecule has 3 rings (SSSR count). The zero-order valence-electron chi connectivity index (χ0n) is 11.5. The molecule has 1 heterocycles. The van der Waals surface area contributed by atoms with Gasteiger partial charge in [-0.1, -0.05) is 17.7 Å². The summed E-state index contributed by atoms with van der Waals surface area (Å²) in [5, 5.41) is 0. The smallest absolute Gasteiger partial charge is 0.245 e. The standard InChI is InChI=1S/C15H15F2NO2S/c1-11-2-4-13(5-3-11)21(19,20)18-9-7-12-6-8-15(16,17)10-14(12)18/h2-5,7,9H,6,8,10H2,1H3. The van der Waals surface area contributed by atoms with Gasteiger partial charge in [-0.15, -0.1) is 0 Å². The molecular weight excluding hydrogens is 296 g/mol. The van der Waals surface area contributed by atoms with Crippen LogP contribution in [0.15, 0.2) is 41.4 Å². The normalized spacial score (nSPS) is 17.5. The molecule has 0 fully saturated rings. The van der Waals surface area contributed by atoms with Crippen molar-refractivity contribution in [1.29, 1.82) is 0 Å². The number of aromatic nitrogens is 1. The van der Waals surface area contributed by atoms with E-state index in [9.17, 15) is 17.2 Å². The summed E-state index contributed by atoms with van der Waals surface area (Å²) in [6, 6.07) is 8.00. The molecule has 0 atom stereocenters. The minimum atomic E-state index is -3.82. The molecule has 21 heavy (non-hydrogen) atoms. The van der Waals surface area contributed by atoms with Crippen LogP contribution in [0.3, 0.4) is 0 Å². The fraction of sp³-hybridized carbons (Fsp3) is 0.333. The lowest BCUT2D eigenvalue weighted by atomic mass is 9.95. The first kappa shape index (κ1) is 14.3. The van der Waals surface area contributed by atoms with E-state index in [1.165, 1.54) is 18.3 Å². The van der Waals surface area contributed by atoms with Gasteiger partial charge in [0.2, 0.25) is 0 Å². The van der Waals surface area contributed by atoms with Crippen molar-refractivity contribution in [2.45, 2.75) is 37.0 Å². The molecule has 1 aromatic heterocycles. The van der Waals surface area contributed by atoms with Crippen LogP contribution in [0.5, 0.6) is 0 Å². The summed E-state index contributed by atoms with van der Waals surface area (Å²) in [6.45, 7) is 1.86. The summed E-state index contributed by atoms with van der Waals surface area (Å²) in [4.78, 5) is 0.111. The number of nitrogens with zero attached hydrogens (tertiary/aromatic N) is 1. The van der Waals surface area contributed by atoms with Gasteiger partial charge in [-0.25, -0.2) is 21.2 Å². The Kier molecular flexibility index (Phi) is 3.16. The van der Waals surface area contributed by atoms with Gasteiger partial charge in [-0.3, -0.25) is 0 Å². The lowest BCUT2D eigenvalue weighted by Gasteiger charge is -2.23. The highest BCUT2D eigenvalue weighted by Gasteiger charge is 2.37. The molecule has 0 unspecified atom stereocenters. The van der Waals surface area contributed by atoms with Crippen molar-refractivity contribution in [2.75, 3.05) is 0 Å². The second-order valence-electron chi connectivity index (χ2n) is 5.43. The summed E-state index contributed by atoms with van der Waals surface area (Å²) < 4.78 is 53.4. The molecule has 0 aliphatic heterocycles. The topological polar surface area (TPSA) is 39.1 Å². The van der Waals surface area contributed by atoms with Gasteiger partial charge in [0.05, 0.1) is 11.3 Å². The predicted molar refractivity (Wildman–Crippen MR) is 75.2 cm³/mol. The van der Waals surface area contributed by atoms with Crippen LogP contribution in [0.4, 0.5) is 8.78 Å². The summed E-state index contributed by atoms with van der Waals surface area (Å²) in [5.41, 5.74) is 1.83. The van der Waals surface area contributed by atoms with E-state index in [1.54, 1.807) is 18.2 Å². The average Bonchev–Trinajstić information content (AvgIpc) is 2.81. The first-order chi connectivity index (χ1) is 9.79. The number of alkyl halides is 2. The molecule has 0 radical (unpaired) electrons. The highest BCUT2D eigenvalue weighted by atomic mass is 32.2. The monoisotopic (exact) mass is 311 g/mol. The van der Waals surface area contributed by atoms with Gasteiger partial charge in [-0.2, -0.15) is 0 Å². The zero-order chi connectivity index (χ0) is 15.3. The van der Waals surface area contributed by atoms with Crippen molar-refractivity contribution in [1.82, 2.24) is 3.97 Å². The van der Waals surface area contributed by atoms with Crippen LogP contribution >= 0.6 is 0 Å². The van der Waals surface area contributed by atoms with Crippen molar-refractivity contribution in [3.63, 3.8) is 0 Å². The molecule has 0 saturated heterocycles. The molecule has 6 heteroatoms. The first-order valence-corrected chi connectivity index (χ1v) is 8.13. The third-order valence-electron chi connectivity index (χ3n) is 3.81. The number of hydrogen-bond donors (Lipinski definition) is 0. The average molecular weight is 311 g/mol. The molecule has 0 spiro atoms. The van der Waals surface area contributed by atoms with Crippen LogP contribution in [-0.2, 0) is 22.9 Å².